The van der Waals surface area contributed by atoms with Crippen LogP contribution in [0.1, 0.15) is 16.5 Å². The van der Waals surface area contributed by atoms with E-state index in [1.165, 1.54) is 4.88 Å². The van der Waals surface area contributed by atoms with Crippen molar-refractivity contribution in [2.24, 2.45) is 5.73 Å². The molecule has 0 aliphatic carbocycles. The molecule has 17 heavy (non-hydrogen) atoms. The van der Waals surface area contributed by atoms with Gasteiger partial charge in [-0.3, -0.25) is 0 Å². The van der Waals surface area contributed by atoms with Crippen LogP contribution in [0.5, 0.6) is 5.75 Å². The number of nitrogens with two attached hydrogens (primary N) is 1. The SMILES string of the molecule is COc1cc(Br)ccc1C(N)Cc1cccs1. The summed E-state index contributed by atoms with van der Waals surface area (Å²) >= 11 is 5.16. The van der Waals surface area contributed by atoms with E-state index < -0.39 is 0 Å². The summed E-state index contributed by atoms with van der Waals surface area (Å²) in [5.74, 6) is 0.837. The van der Waals surface area contributed by atoms with Crippen LogP contribution in [0.3, 0.4) is 0 Å². The summed E-state index contributed by atoms with van der Waals surface area (Å²) < 4.78 is 6.36. The molecule has 0 amide bonds. The van der Waals surface area contributed by atoms with E-state index in [1.807, 2.05) is 24.3 Å². The Bertz CT molecular complexity index is 484. The first-order valence-electron chi connectivity index (χ1n) is 5.32. The third-order valence-electron chi connectivity index (χ3n) is 2.60. The van der Waals surface area contributed by atoms with E-state index in [4.69, 9.17) is 10.5 Å². The molecule has 90 valence electrons. The van der Waals surface area contributed by atoms with Crippen molar-refractivity contribution >= 4 is 27.3 Å². The second kappa shape index (κ2) is 5.67. The van der Waals surface area contributed by atoms with E-state index in [2.05, 4.69) is 27.4 Å². The fourth-order valence-electron chi connectivity index (χ4n) is 1.75. The van der Waals surface area contributed by atoms with Crippen LogP contribution in [-0.4, -0.2) is 7.11 Å². The van der Waals surface area contributed by atoms with Crippen molar-refractivity contribution in [2.45, 2.75) is 12.5 Å². The Balaban J connectivity index is 2.21. The van der Waals surface area contributed by atoms with E-state index in [9.17, 15) is 0 Å². The third-order valence-corrected chi connectivity index (χ3v) is 3.99. The van der Waals surface area contributed by atoms with Gasteiger partial charge in [-0.1, -0.05) is 28.1 Å². The van der Waals surface area contributed by atoms with E-state index in [1.54, 1.807) is 18.4 Å². The van der Waals surface area contributed by atoms with Crippen LogP contribution in [0.2, 0.25) is 0 Å². The molecule has 1 atom stereocenters. The van der Waals surface area contributed by atoms with Crippen LogP contribution >= 0.6 is 27.3 Å². The molecule has 0 radical (unpaired) electrons. The smallest absolute Gasteiger partial charge is 0.124 e. The van der Waals surface area contributed by atoms with Gasteiger partial charge >= 0.3 is 0 Å². The van der Waals surface area contributed by atoms with Gasteiger partial charge in [0.2, 0.25) is 0 Å². The summed E-state index contributed by atoms with van der Waals surface area (Å²) in [6.07, 6.45) is 0.843. The van der Waals surface area contributed by atoms with Crippen LogP contribution in [0, 0.1) is 0 Å². The number of halogens is 1. The average molecular weight is 312 g/mol. The molecule has 0 fully saturated rings. The Morgan fingerprint density at radius 1 is 1.41 bits per heavy atom. The largest absolute Gasteiger partial charge is 0.496 e. The zero-order valence-corrected chi connectivity index (χ0v) is 11.9. The normalized spacial score (nSPS) is 12.4. The number of hydrogen-bond donors (Lipinski definition) is 1. The molecule has 2 N–H and O–H groups in total. The van der Waals surface area contributed by atoms with Crippen molar-refractivity contribution in [1.29, 1.82) is 0 Å². The zero-order valence-electron chi connectivity index (χ0n) is 9.52. The van der Waals surface area contributed by atoms with Crippen molar-refractivity contribution in [2.75, 3.05) is 7.11 Å². The molecule has 2 aromatic rings. The lowest BCUT2D eigenvalue weighted by Gasteiger charge is -2.15. The first-order valence-corrected chi connectivity index (χ1v) is 6.99. The molecule has 1 aromatic heterocycles. The van der Waals surface area contributed by atoms with Gasteiger partial charge in [0.05, 0.1) is 7.11 Å². The first kappa shape index (κ1) is 12.6. The topological polar surface area (TPSA) is 35.2 Å². The number of rotatable bonds is 4. The fraction of sp³-hybridized carbons (Fsp3) is 0.231. The van der Waals surface area contributed by atoms with E-state index in [0.717, 1.165) is 22.2 Å². The maximum absolute atomic E-state index is 6.22. The van der Waals surface area contributed by atoms with Gasteiger partial charge < -0.3 is 10.5 Å². The van der Waals surface area contributed by atoms with Gasteiger partial charge in [-0.05, 0) is 23.6 Å². The highest BCUT2D eigenvalue weighted by Crippen LogP contribution is 2.29. The summed E-state index contributed by atoms with van der Waals surface area (Å²) in [4.78, 5) is 1.29. The fourth-order valence-corrected chi connectivity index (χ4v) is 2.85. The van der Waals surface area contributed by atoms with Crippen LogP contribution in [0.15, 0.2) is 40.2 Å². The third kappa shape index (κ3) is 3.09. The highest BCUT2D eigenvalue weighted by Gasteiger charge is 2.13. The number of methoxy groups -OCH3 is 1. The first-order chi connectivity index (χ1) is 8.20. The molecule has 2 rings (SSSR count). The van der Waals surface area contributed by atoms with E-state index >= 15 is 0 Å². The Morgan fingerprint density at radius 3 is 2.88 bits per heavy atom. The highest BCUT2D eigenvalue weighted by molar-refractivity contribution is 9.10. The van der Waals surface area contributed by atoms with Crippen molar-refractivity contribution in [3.8, 4) is 5.75 Å². The maximum atomic E-state index is 6.22. The summed E-state index contributed by atoms with van der Waals surface area (Å²) in [6, 6.07) is 10.1. The predicted octanol–water partition coefficient (Wildman–Crippen LogP) is 3.76. The van der Waals surface area contributed by atoms with Crippen molar-refractivity contribution in [3.63, 3.8) is 0 Å². The molecule has 0 aliphatic rings. The molecule has 0 aliphatic heterocycles. The predicted molar refractivity (Wildman–Crippen MR) is 75.6 cm³/mol. The molecule has 1 unspecified atom stereocenters. The summed E-state index contributed by atoms with van der Waals surface area (Å²) in [7, 11) is 1.67. The lowest BCUT2D eigenvalue weighted by atomic mass is 10.0. The van der Waals surface area contributed by atoms with E-state index in [0.29, 0.717) is 0 Å². The van der Waals surface area contributed by atoms with Gasteiger partial charge in [-0.25, -0.2) is 0 Å². The molecule has 1 heterocycles. The van der Waals surface area contributed by atoms with Crippen molar-refractivity contribution in [3.05, 3.63) is 50.6 Å². The standard InChI is InChI=1S/C13H14BrNOS/c1-16-13-7-9(14)4-5-11(13)12(15)8-10-3-2-6-17-10/h2-7,12H,8,15H2,1H3. The Morgan fingerprint density at radius 2 is 2.24 bits per heavy atom. The monoisotopic (exact) mass is 311 g/mol. The quantitative estimate of drug-likeness (QED) is 0.933. The minimum absolute atomic E-state index is 0.0308. The number of ether oxygens (including phenoxy) is 1. The number of thiophene rings is 1. The van der Waals surface area contributed by atoms with E-state index in [-0.39, 0.29) is 6.04 Å². The molecule has 2 nitrogen and oxygen atoms in total. The Hall–Kier alpha value is -0.840. The van der Waals surface area contributed by atoms with Gasteiger partial charge in [-0.2, -0.15) is 0 Å². The van der Waals surface area contributed by atoms with Gasteiger partial charge in [0.1, 0.15) is 5.75 Å². The van der Waals surface area contributed by atoms with Gasteiger partial charge in [-0.15, -0.1) is 11.3 Å². The molecule has 0 spiro atoms. The van der Waals surface area contributed by atoms with Crippen LogP contribution in [-0.2, 0) is 6.42 Å². The molecule has 0 saturated heterocycles. The minimum atomic E-state index is -0.0308. The van der Waals surface area contributed by atoms with Gasteiger partial charge in [0, 0.05) is 27.4 Å². The van der Waals surface area contributed by atoms with Crippen molar-refractivity contribution < 1.29 is 4.74 Å². The van der Waals surface area contributed by atoms with Crippen LogP contribution < -0.4 is 10.5 Å². The molecular formula is C13H14BrNOS. The van der Waals surface area contributed by atoms with Gasteiger partial charge in [0.25, 0.3) is 0 Å². The molecule has 4 heteroatoms. The highest BCUT2D eigenvalue weighted by atomic mass is 79.9. The average Bonchev–Trinajstić information content (AvgIpc) is 2.81. The second-order valence-corrected chi connectivity index (χ2v) is 5.72. The molecule has 0 saturated carbocycles. The van der Waals surface area contributed by atoms with Crippen molar-refractivity contribution in [1.82, 2.24) is 0 Å². The van der Waals surface area contributed by atoms with Crippen LogP contribution in [0.4, 0.5) is 0 Å². The Kier molecular flexibility index (Phi) is 4.20. The molecule has 0 bridgehead atoms. The summed E-state index contributed by atoms with van der Waals surface area (Å²) in [5.41, 5.74) is 7.27. The maximum Gasteiger partial charge on any atom is 0.124 e. The Labute approximate surface area is 114 Å². The second-order valence-electron chi connectivity index (χ2n) is 3.78. The minimum Gasteiger partial charge on any atom is -0.496 e. The summed E-state index contributed by atoms with van der Waals surface area (Å²) in [6.45, 7) is 0. The zero-order chi connectivity index (χ0) is 12.3. The number of hydrogen-bond acceptors (Lipinski definition) is 3. The van der Waals surface area contributed by atoms with Crippen LogP contribution in [0.25, 0.3) is 0 Å². The lowest BCUT2D eigenvalue weighted by Crippen LogP contribution is -2.13. The molecular weight excluding hydrogens is 298 g/mol. The lowest BCUT2D eigenvalue weighted by molar-refractivity contribution is 0.405. The molecule has 1 aromatic carbocycles. The van der Waals surface area contributed by atoms with Gasteiger partial charge in [0.15, 0.2) is 0 Å². The number of benzene rings is 1. The summed E-state index contributed by atoms with van der Waals surface area (Å²) in [5, 5.41) is 2.07.